The molecule has 48 valence electrons. The molecule has 0 spiro atoms. The molecule has 0 aliphatic carbocycles. The molecule has 2 aromatic rings. The van der Waals surface area contributed by atoms with E-state index >= 15 is 0 Å². The van der Waals surface area contributed by atoms with E-state index in [0.717, 1.165) is 0 Å². The normalized spacial score (nSPS) is 7.20. The second kappa shape index (κ2) is 4.79. The first-order valence-electron chi connectivity index (χ1n) is 3.15. The minimum absolute atomic E-state index is 1.88. The van der Waals surface area contributed by atoms with Crippen molar-refractivity contribution in [2.45, 2.75) is 0 Å². The van der Waals surface area contributed by atoms with E-state index in [2.05, 4.69) is 9.78 Å². The van der Waals surface area contributed by atoms with Crippen LogP contribution < -0.4 is 0 Å². The van der Waals surface area contributed by atoms with E-state index in [9.17, 15) is 0 Å². The summed E-state index contributed by atoms with van der Waals surface area (Å²) in [5, 5.41) is 0. The summed E-state index contributed by atoms with van der Waals surface area (Å²) in [7, 11) is 3.75. The molecular weight excluding hydrogens is 122 g/mol. The zero-order valence-electron chi connectivity index (χ0n) is 5.62. The molecule has 2 N–H and O–H groups in total. The molecule has 0 fully saturated rings. The van der Waals surface area contributed by atoms with E-state index in [-0.39, 0.29) is 0 Å². The summed E-state index contributed by atoms with van der Waals surface area (Å²) in [4.78, 5) is 5.72. The van der Waals surface area contributed by atoms with Crippen molar-refractivity contribution in [2.75, 3.05) is 0 Å². The van der Waals surface area contributed by atoms with Gasteiger partial charge in [-0.3, -0.25) is 0 Å². The molecule has 0 saturated heterocycles. The summed E-state index contributed by atoms with van der Waals surface area (Å²) in [6, 6.07) is 3.89. The second-order valence-corrected chi connectivity index (χ2v) is 1.77. The Bertz CT molecular complexity index is 153. The fourth-order valence-electron chi connectivity index (χ4n) is 0.556. The van der Waals surface area contributed by atoms with Crippen LogP contribution in [-0.4, -0.2) is 23.9 Å². The van der Waals surface area contributed by atoms with Crippen LogP contribution in [-0.2, 0) is 0 Å². The van der Waals surface area contributed by atoms with Crippen LogP contribution in [0.4, 0.5) is 0 Å². The van der Waals surface area contributed by atoms with Crippen molar-refractivity contribution in [2.24, 2.45) is 0 Å². The third kappa shape index (κ3) is 3.07. The van der Waals surface area contributed by atoms with Crippen LogP contribution in [0.1, 0.15) is 0 Å². The Morgan fingerprint density at radius 3 is 1.40 bits per heavy atom. The summed E-state index contributed by atoms with van der Waals surface area (Å²) in [6.45, 7) is 0. The van der Waals surface area contributed by atoms with Gasteiger partial charge in [0.05, 0.1) is 0 Å². The van der Waals surface area contributed by atoms with Crippen LogP contribution in [0.25, 0.3) is 0 Å². The molecule has 2 aromatic heterocycles. The van der Waals surface area contributed by atoms with Gasteiger partial charge in [0.15, 0.2) is 0 Å². The van der Waals surface area contributed by atoms with Gasteiger partial charge in [-0.15, -0.1) is 0 Å². The summed E-state index contributed by atoms with van der Waals surface area (Å²) in [5.41, 5.74) is 0. The van der Waals surface area contributed by atoms with Crippen LogP contribution in [0.3, 0.4) is 0 Å². The van der Waals surface area contributed by atoms with Gasteiger partial charge in [-0.25, -0.2) is 0 Å². The van der Waals surface area contributed by atoms with Gasteiger partial charge in [-0.2, -0.15) is 0 Å². The molecule has 2 heterocycles. The quantitative estimate of drug-likeness (QED) is 0.525. The number of hydrogen-bond donors (Lipinski definition) is 2. The Balaban J connectivity index is 0.0000001000. The van der Waals surface area contributed by atoms with Gasteiger partial charge < -0.3 is 0 Å². The zero-order chi connectivity index (χ0) is 7.07. The van der Waals surface area contributed by atoms with E-state index in [1.807, 2.05) is 50.6 Å². The van der Waals surface area contributed by atoms with Crippen LogP contribution in [0, 0.1) is 0 Å². The molecule has 0 bridgehead atoms. The third-order valence-electron chi connectivity index (χ3n) is 0.992. The van der Waals surface area contributed by atoms with Crippen molar-refractivity contribution in [1.82, 2.24) is 9.78 Å². The summed E-state index contributed by atoms with van der Waals surface area (Å²) >= 11 is 0. The third-order valence-corrected chi connectivity index (χ3v) is 0.992. The van der Waals surface area contributed by atoms with Gasteiger partial charge >= 0.3 is 60.3 Å². The molecule has 0 unspecified atom stereocenters. The van der Waals surface area contributed by atoms with Crippen molar-refractivity contribution >= 4 is 14.1 Å². The average Bonchev–Trinajstić information content (AvgIpc) is 2.67. The first kappa shape index (κ1) is 7.06. The standard InChI is InChI=1S/2C3H4BN/c2*1-2-4-5-3-1/h2*1-3,5H. The van der Waals surface area contributed by atoms with Crippen LogP contribution in [0.15, 0.2) is 36.4 Å². The Morgan fingerprint density at radius 1 is 0.800 bits per heavy atom. The topological polar surface area (TPSA) is 31.6 Å². The second-order valence-electron chi connectivity index (χ2n) is 1.77. The first-order chi connectivity index (χ1) is 5.00. The minimum atomic E-state index is 1.88. The number of H-pyrrole nitrogens is 2. The Hall–Kier alpha value is -1.05. The molecule has 0 radical (unpaired) electrons. The van der Waals surface area contributed by atoms with Crippen molar-refractivity contribution in [3.05, 3.63) is 36.4 Å². The van der Waals surface area contributed by atoms with Gasteiger partial charge in [0, 0.05) is 0 Å². The molecule has 4 heteroatoms. The molecule has 2 nitrogen and oxygen atoms in total. The van der Waals surface area contributed by atoms with E-state index in [0.29, 0.717) is 0 Å². The first-order valence-corrected chi connectivity index (χ1v) is 3.15. The summed E-state index contributed by atoms with van der Waals surface area (Å²) < 4.78 is 0. The fraction of sp³-hybridized carbons (Fsp3) is 0. The number of nitrogens with one attached hydrogen (secondary N) is 2. The van der Waals surface area contributed by atoms with E-state index in [1.165, 1.54) is 0 Å². The SMILES string of the molecule is b1ccc[nH]1.b1ccc[nH]1. The Morgan fingerprint density at radius 2 is 1.30 bits per heavy atom. The van der Waals surface area contributed by atoms with Gasteiger partial charge in [0.2, 0.25) is 0 Å². The van der Waals surface area contributed by atoms with Gasteiger partial charge in [0.1, 0.15) is 0 Å². The van der Waals surface area contributed by atoms with Gasteiger partial charge in [-0.05, 0) is 0 Å². The monoisotopic (exact) mass is 130 g/mol. The number of rotatable bonds is 0. The van der Waals surface area contributed by atoms with Crippen molar-refractivity contribution in [3.8, 4) is 0 Å². The Labute approximate surface area is 61.2 Å². The van der Waals surface area contributed by atoms with Crippen LogP contribution in [0.2, 0.25) is 0 Å². The maximum atomic E-state index is 2.86. The number of aromatic amines is 2. The molecule has 0 aliphatic heterocycles. The number of aromatic nitrogens is 2. The van der Waals surface area contributed by atoms with Crippen molar-refractivity contribution in [3.63, 3.8) is 0 Å². The van der Waals surface area contributed by atoms with Crippen molar-refractivity contribution < 1.29 is 0 Å². The van der Waals surface area contributed by atoms with E-state index in [4.69, 9.17) is 0 Å². The predicted octanol–water partition coefficient (Wildman–Crippen LogP) is 0.706. The fourth-order valence-corrected chi connectivity index (χ4v) is 0.556. The number of hydrogen-bond acceptors (Lipinski definition) is 0. The summed E-state index contributed by atoms with van der Waals surface area (Å²) in [5.74, 6) is 3.89. The van der Waals surface area contributed by atoms with Crippen molar-refractivity contribution in [1.29, 1.82) is 0 Å². The molecule has 0 aromatic carbocycles. The van der Waals surface area contributed by atoms with E-state index < -0.39 is 0 Å². The average molecular weight is 130 g/mol. The van der Waals surface area contributed by atoms with E-state index in [1.54, 1.807) is 0 Å². The Kier molecular flexibility index (Phi) is 3.39. The van der Waals surface area contributed by atoms with Crippen LogP contribution >= 0.6 is 0 Å². The maximum absolute atomic E-state index is 2.86. The predicted molar refractivity (Wildman–Crippen MR) is 44.3 cm³/mol. The molecule has 0 atom stereocenters. The van der Waals surface area contributed by atoms with Gasteiger partial charge in [-0.1, -0.05) is 0 Å². The molecule has 0 amide bonds. The molecular formula is C6H8B2N2. The molecule has 0 aliphatic rings. The van der Waals surface area contributed by atoms with Gasteiger partial charge in [0.25, 0.3) is 0 Å². The molecule has 2 rings (SSSR count). The zero-order valence-corrected chi connectivity index (χ0v) is 5.62. The molecule has 0 saturated carbocycles. The summed E-state index contributed by atoms with van der Waals surface area (Å²) in [6.07, 6.45) is 3.75. The molecule has 10 heavy (non-hydrogen) atoms. The van der Waals surface area contributed by atoms with Crippen LogP contribution in [0.5, 0.6) is 0 Å².